The highest BCUT2D eigenvalue weighted by atomic mass is 35.5. The molecule has 1 aliphatic rings. The fourth-order valence-corrected chi connectivity index (χ4v) is 2.22. The van der Waals surface area contributed by atoms with Crippen LogP contribution in [0.15, 0.2) is 0 Å². The zero-order valence-corrected chi connectivity index (χ0v) is 12.6. The third-order valence-corrected chi connectivity index (χ3v) is 3.30. The van der Waals surface area contributed by atoms with Crippen LogP contribution >= 0.6 is 12.4 Å². The standard InChI is InChI=1S/C13H26N2O2.ClH/c1-4-5-8-17-11(2)13(16)15-7-6-12(10-15)9-14-3;/h11-12,14H,4-10H2,1-3H3;1H. The van der Waals surface area contributed by atoms with Crippen LogP contribution in [0.3, 0.4) is 0 Å². The van der Waals surface area contributed by atoms with Crippen molar-refractivity contribution < 1.29 is 9.53 Å². The summed E-state index contributed by atoms with van der Waals surface area (Å²) in [6.45, 7) is 7.43. The van der Waals surface area contributed by atoms with Crippen molar-refractivity contribution in [1.82, 2.24) is 10.2 Å². The van der Waals surface area contributed by atoms with Crippen molar-refractivity contribution >= 4 is 18.3 Å². The monoisotopic (exact) mass is 278 g/mol. The van der Waals surface area contributed by atoms with Crippen LogP contribution in [0.2, 0.25) is 0 Å². The lowest BCUT2D eigenvalue weighted by molar-refractivity contribution is -0.141. The molecule has 1 aliphatic heterocycles. The number of amides is 1. The molecule has 18 heavy (non-hydrogen) atoms. The molecule has 1 amide bonds. The molecule has 1 saturated heterocycles. The second kappa shape index (κ2) is 9.59. The summed E-state index contributed by atoms with van der Waals surface area (Å²) in [5, 5.41) is 3.17. The number of unbranched alkanes of at least 4 members (excludes halogenated alkanes) is 1. The Morgan fingerprint density at radius 1 is 1.56 bits per heavy atom. The molecule has 5 heteroatoms. The zero-order valence-electron chi connectivity index (χ0n) is 11.8. The molecule has 0 saturated carbocycles. The number of hydrogen-bond donors (Lipinski definition) is 1. The second-order valence-corrected chi connectivity index (χ2v) is 4.86. The molecule has 1 fully saturated rings. The van der Waals surface area contributed by atoms with Gasteiger partial charge in [-0.3, -0.25) is 4.79 Å². The molecular weight excluding hydrogens is 252 g/mol. The highest BCUT2D eigenvalue weighted by Gasteiger charge is 2.28. The highest BCUT2D eigenvalue weighted by molar-refractivity contribution is 5.85. The van der Waals surface area contributed by atoms with Crippen LogP contribution in [0.25, 0.3) is 0 Å². The number of carbonyl (C=O) groups excluding carboxylic acids is 1. The normalized spacial score (nSPS) is 20.6. The van der Waals surface area contributed by atoms with E-state index in [2.05, 4.69) is 12.2 Å². The third kappa shape index (κ3) is 5.55. The molecule has 0 aromatic rings. The van der Waals surface area contributed by atoms with E-state index in [0.717, 1.165) is 38.9 Å². The summed E-state index contributed by atoms with van der Waals surface area (Å²) in [7, 11) is 1.96. The van der Waals surface area contributed by atoms with E-state index >= 15 is 0 Å². The first-order chi connectivity index (χ1) is 8.19. The van der Waals surface area contributed by atoms with Crippen LogP contribution < -0.4 is 5.32 Å². The predicted octanol–water partition coefficient (Wildman–Crippen LogP) is 1.68. The number of ether oxygens (including phenoxy) is 1. The Bertz CT molecular complexity index is 239. The molecule has 0 radical (unpaired) electrons. The smallest absolute Gasteiger partial charge is 0.251 e. The molecule has 1 heterocycles. The van der Waals surface area contributed by atoms with E-state index in [1.807, 2.05) is 18.9 Å². The molecule has 0 aromatic heterocycles. The van der Waals surface area contributed by atoms with Crippen molar-refractivity contribution in [2.24, 2.45) is 5.92 Å². The Hall–Kier alpha value is -0.320. The summed E-state index contributed by atoms with van der Waals surface area (Å²) in [5.74, 6) is 0.756. The lowest BCUT2D eigenvalue weighted by Gasteiger charge is -2.21. The molecule has 4 nitrogen and oxygen atoms in total. The maximum Gasteiger partial charge on any atom is 0.251 e. The van der Waals surface area contributed by atoms with Gasteiger partial charge in [0.1, 0.15) is 6.10 Å². The van der Waals surface area contributed by atoms with Crippen LogP contribution in [0.5, 0.6) is 0 Å². The summed E-state index contributed by atoms with van der Waals surface area (Å²) < 4.78 is 5.54. The molecular formula is C13H27ClN2O2. The molecule has 0 bridgehead atoms. The lowest BCUT2D eigenvalue weighted by atomic mass is 10.1. The fraction of sp³-hybridized carbons (Fsp3) is 0.923. The molecule has 0 aliphatic carbocycles. The van der Waals surface area contributed by atoms with Gasteiger partial charge in [0.25, 0.3) is 5.91 Å². The Balaban J connectivity index is 0.00000289. The van der Waals surface area contributed by atoms with Crippen LogP contribution in [0, 0.1) is 5.92 Å². The number of halogens is 1. The van der Waals surface area contributed by atoms with Crippen molar-refractivity contribution in [3.63, 3.8) is 0 Å². The van der Waals surface area contributed by atoms with E-state index in [1.165, 1.54) is 0 Å². The largest absolute Gasteiger partial charge is 0.369 e. The SMILES string of the molecule is CCCCOC(C)C(=O)N1CCC(CNC)C1.Cl. The molecule has 108 valence electrons. The van der Waals surface area contributed by atoms with Gasteiger partial charge in [-0.15, -0.1) is 12.4 Å². The van der Waals surface area contributed by atoms with Gasteiger partial charge in [-0.25, -0.2) is 0 Å². The van der Waals surface area contributed by atoms with Gasteiger partial charge < -0.3 is 15.0 Å². The van der Waals surface area contributed by atoms with Crippen LogP contribution in [0.1, 0.15) is 33.1 Å². The molecule has 2 atom stereocenters. The van der Waals surface area contributed by atoms with Gasteiger partial charge >= 0.3 is 0 Å². The lowest BCUT2D eigenvalue weighted by Crippen LogP contribution is -2.38. The number of rotatable bonds is 7. The van der Waals surface area contributed by atoms with Gasteiger partial charge in [-0.2, -0.15) is 0 Å². The molecule has 2 unspecified atom stereocenters. The first kappa shape index (κ1) is 17.7. The number of nitrogens with zero attached hydrogens (tertiary/aromatic N) is 1. The Morgan fingerprint density at radius 3 is 2.89 bits per heavy atom. The second-order valence-electron chi connectivity index (χ2n) is 4.86. The number of carbonyl (C=O) groups is 1. The van der Waals surface area contributed by atoms with E-state index in [4.69, 9.17) is 4.74 Å². The number of nitrogens with one attached hydrogen (secondary N) is 1. The van der Waals surface area contributed by atoms with Gasteiger partial charge in [-0.05, 0) is 39.3 Å². The summed E-state index contributed by atoms with van der Waals surface area (Å²) >= 11 is 0. The van der Waals surface area contributed by atoms with Crippen molar-refractivity contribution in [3.05, 3.63) is 0 Å². The first-order valence-corrected chi connectivity index (χ1v) is 6.74. The van der Waals surface area contributed by atoms with E-state index in [0.29, 0.717) is 12.5 Å². The Kier molecular flexibility index (Phi) is 9.42. The molecule has 0 spiro atoms. The van der Waals surface area contributed by atoms with Gasteiger partial charge in [0.2, 0.25) is 0 Å². The minimum absolute atomic E-state index is 0. The average molecular weight is 279 g/mol. The minimum Gasteiger partial charge on any atom is -0.369 e. The molecule has 1 N–H and O–H groups in total. The topological polar surface area (TPSA) is 41.6 Å². The molecule has 1 rings (SSSR count). The van der Waals surface area contributed by atoms with Crippen LogP contribution in [-0.2, 0) is 9.53 Å². The van der Waals surface area contributed by atoms with E-state index < -0.39 is 0 Å². The van der Waals surface area contributed by atoms with Gasteiger partial charge in [0, 0.05) is 19.7 Å². The maximum atomic E-state index is 12.1. The van der Waals surface area contributed by atoms with Crippen molar-refractivity contribution in [2.75, 3.05) is 33.3 Å². The maximum absolute atomic E-state index is 12.1. The van der Waals surface area contributed by atoms with Gasteiger partial charge in [0.05, 0.1) is 0 Å². The Labute approximate surface area is 117 Å². The van der Waals surface area contributed by atoms with Crippen LogP contribution in [0.4, 0.5) is 0 Å². The highest BCUT2D eigenvalue weighted by Crippen LogP contribution is 2.16. The van der Waals surface area contributed by atoms with E-state index in [9.17, 15) is 4.79 Å². The van der Waals surface area contributed by atoms with Crippen LogP contribution in [-0.4, -0.2) is 50.2 Å². The summed E-state index contributed by atoms with van der Waals surface area (Å²) in [4.78, 5) is 14.0. The average Bonchev–Trinajstić information content (AvgIpc) is 2.77. The van der Waals surface area contributed by atoms with Crippen molar-refractivity contribution in [1.29, 1.82) is 0 Å². The Morgan fingerprint density at radius 2 is 2.28 bits per heavy atom. The van der Waals surface area contributed by atoms with E-state index in [-0.39, 0.29) is 24.4 Å². The minimum atomic E-state index is -0.283. The zero-order chi connectivity index (χ0) is 12.7. The van der Waals surface area contributed by atoms with Crippen molar-refractivity contribution in [3.8, 4) is 0 Å². The number of likely N-dealkylation sites (tertiary alicyclic amines) is 1. The first-order valence-electron chi connectivity index (χ1n) is 6.74. The van der Waals surface area contributed by atoms with Crippen molar-refractivity contribution in [2.45, 2.75) is 39.2 Å². The fourth-order valence-electron chi connectivity index (χ4n) is 2.22. The summed E-state index contributed by atoms with van der Waals surface area (Å²) in [6, 6.07) is 0. The third-order valence-electron chi connectivity index (χ3n) is 3.30. The van der Waals surface area contributed by atoms with E-state index in [1.54, 1.807) is 0 Å². The quantitative estimate of drug-likeness (QED) is 0.721. The summed E-state index contributed by atoms with van der Waals surface area (Å²) in [5.41, 5.74) is 0. The van der Waals surface area contributed by atoms with Gasteiger partial charge in [-0.1, -0.05) is 13.3 Å². The molecule has 0 aromatic carbocycles. The predicted molar refractivity (Wildman–Crippen MR) is 76.2 cm³/mol. The van der Waals surface area contributed by atoms with Gasteiger partial charge in [0.15, 0.2) is 0 Å². The number of hydrogen-bond acceptors (Lipinski definition) is 3. The summed E-state index contributed by atoms with van der Waals surface area (Å²) in [6.07, 6.45) is 2.96.